The molecule has 0 aliphatic heterocycles. The maximum absolute atomic E-state index is 12.6. The van der Waals surface area contributed by atoms with Crippen LogP contribution < -0.4 is 5.73 Å². The van der Waals surface area contributed by atoms with Gasteiger partial charge >= 0.3 is 13.8 Å². The standard InChI is InChI=1S/C24H26NO7PS/c25-24(16-26,23(28)32-33(29,30)31)15-14-18-6-9-19(10-7-18)21-12-13-22(34-21)20(27)11-8-17-4-2-1-3-5-17/h1-7,9-10,12-13,26H,8,11,14-16,25H2,(H2,29,30,31). The molecule has 2 aromatic carbocycles. The van der Waals surface area contributed by atoms with Gasteiger partial charge in [-0.05, 0) is 48.1 Å². The smallest absolute Gasteiger partial charge is 0.394 e. The van der Waals surface area contributed by atoms with Crippen LogP contribution in [-0.2, 0) is 26.7 Å². The average Bonchev–Trinajstić information content (AvgIpc) is 3.31. The van der Waals surface area contributed by atoms with E-state index in [1.165, 1.54) is 11.3 Å². The molecule has 34 heavy (non-hydrogen) atoms. The third-order valence-corrected chi connectivity index (χ3v) is 6.93. The highest BCUT2D eigenvalue weighted by molar-refractivity contribution is 7.46. The topological polar surface area (TPSA) is 147 Å². The molecule has 0 saturated heterocycles. The Labute approximate surface area is 201 Å². The van der Waals surface area contributed by atoms with Crippen molar-refractivity contribution < 1.29 is 33.6 Å². The van der Waals surface area contributed by atoms with Crippen LogP contribution in [0.1, 0.15) is 33.6 Å². The summed E-state index contributed by atoms with van der Waals surface area (Å²) >= 11 is 1.43. The number of thiophene rings is 1. The SMILES string of the molecule is NC(CO)(CCc1ccc(-c2ccc(C(=O)CCc3ccccc3)s2)cc1)C(=O)OP(=O)(O)O. The van der Waals surface area contributed by atoms with Gasteiger partial charge in [0.2, 0.25) is 0 Å². The third kappa shape index (κ3) is 7.17. The number of aryl methyl sites for hydroxylation is 2. The second-order valence-corrected chi connectivity index (χ2v) is 10.2. The van der Waals surface area contributed by atoms with Crippen molar-refractivity contribution in [3.63, 3.8) is 0 Å². The van der Waals surface area contributed by atoms with E-state index in [-0.39, 0.29) is 18.6 Å². The summed E-state index contributed by atoms with van der Waals surface area (Å²) in [6.45, 7) is -0.819. The van der Waals surface area contributed by atoms with Gasteiger partial charge in [0.1, 0.15) is 5.54 Å². The van der Waals surface area contributed by atoms with E-state index in [9.17, 15) is 19.3 Å². The number of carbonyl (C=O) groups excluding carboxylic acids is 2. The van der Waals surface area contributed by atoms with Gasteiger partial charge in [0, 0.05) is 11.3 Å². The molecule has 0 amide bonds. The fraction of sp³-hybridized carbons (Fsp3) is 0.250. The van der Waals surface area contributed by atoms with Crippen LogP contribution in [0.4, 0.5) is 0 Å². The molecule has 180 valence electrons. The minimum atomic E-state index is -5.06. The Bertz CT molecular complexity index is 1170. The van der Waals surface area contributed by atoms with Crippen molar-refractivity contribution in [2.75, 3.05) is 6.61 Å². The number of benzene rings is 2. The van der Waals surface area contributed by atoms with Crippen molar-refractivity contribution in [2.45, 2.75) is 31.2 Å². The van der Waals surface area contributed by atoms with Gasteiger partial charge in [-0.2, -0.15) is 0 Å². The minimum absolute atomic E-state index is 0.0687. The molecule has 1 unspecified atom stereocenters. The van der Waals surface area contributed by atoms with Gasteiger partial charge in [0.25, 0.3) is 0 Å². The van der Waals surface area contributed by atoms with Crippen LogP contribution in [-0.4, -0.2) is 38.8 Å². The zero-order chi connectivity index (χ0) is 24.8. The molecular formula is C24H26NO7PS. The summed E-state index contributed by atoms with van der Waals surface area (Å²) in [5.41, 5.74) is 6.75. The maximum atomic E-state index is 12.6. The van der Waals surface area contributed by atoms with Gasteiger partial charge in [-0.3, -0.25) is 14.6 Å². The first kappa shape index (κ1) is 26.0. The van der Waals surface area contributed by atoms with Crippen molar-refractivity contribution in [1.29, 1.82) is 0 Å². The Kier molecular flexibility index (Phi) is 8.54. The normalized spacial score (nSPS) is 13.3. The highest BCUT2D eigenvalue weighted by Gasteiger charge is 2.38. The van der Waals surface area contributed by atoms with Crippen LogP contribution in [0.15, 0.2) is 66.7 Å². The predicted molar refractivity (Wildman–Crippen MR) is 129 cm³/mol. The molecule has 1 atom stereocenters. The van der Waals surface area contributed by atoms with E-state index in [0.717, 1.165) is 21.6 Å². The van der Waals surface area contributed by atoms with Crippen LogP contribution in [0.3, 0.4) is 0 Å². The van der Waals surface area contributed by atoms with E-state index in [1.54, 1.807) is 0 Å². The molecule has 0 aliphatic rings. The third-order valence-electron chi connectivity index (χ3n) is 5.35. The molecule has 8 nitrogen and oxygen atoms in total. The zero-order valence-electron chi connectivity index (χ0n) is 18.3. The summed E-state index contributed by atoms with van der Waals surface area (Å²) in [5.74, 6) is -1.26. The lowest BCUT2D eigenvalue weighted by Gasteiger charge is -2.24. The van der Waals surface area contributed by atoms with E-state index in [4.69, 9.17) is 15.5 Å². The van der Waals surface area contributed by atoms with Gasteiger partial charge < -0.3 is 15.4 Å². The summed E-state index contributed by atoms with van der Waals surface area (Å²) < 4.78 is 14.9. The Morgan fingerprint density at radius 2 is 1.59 bits per heavy atom. The molecule has 3 rings (SSSR count). The lowest BCUT2D eigenvalue weighted by atomic mass is 9.93. The molecule has 10 heteroatoms. The zero-order valence-corrected chi connectivity index (χ0v) is 20.0. The van der Waals surface area contributed by atoms with E-state index < -0.39 is 25.9 Å². The van der Waals surface area contributed by atoms with E-state index >= 15 is 0 Å². The summed E-state index contributed by atoms with van der Waals surface area (Å²) in [7, 11) is -5.06. The fourth-order valence-corrected chi connectivity index (χ4v) is 4.69. The number of aliphatic hydroxyl groups is 1. The number of hydrogen-bond donors (Lipinski definition) is 4. The van der Waals surface area contributed by atoms with Crippen LogP contribution in [0.5, 0.6) is 0 Å². The summed E-state index contributed by atoms with van der Waals surface area (Å²) in [6, 6.07) is 21.0. The van der Waals surface area contributed by atoms with Gasteiger partial charge in [-0.15, -0.1) is 11.3 Å². The van der Waals surface area contributed by atoms with Crippen molar-refractivity contribution in [2.24, 2.45) is 5.73 Å². The molecule has 0 bridgehead atoms. The van der Waals surface area contributed by atoms with Gasteiger partial charge in [0.15, 0.2) is 5.78 Å². The maximum Gasteiger partial charge on any atom is 0.527 e. The van der Waals surface area contributed by atoms with Gasteiger partial charge in [0.05, 0.1) is 11.5 Å². The second-order valence-electron chi connectivity index (χ2n) is 7.95. The predicted octanol–water partition coefficient (Wildman–Crippen LogP) is 3.49. The van der Waals surface area contributed by atoms with Crippen LogP contribution in [0, 0.1) is 0 Å². The fourth-order valence-electron chi connectivity index (χ4n) is 3.32. The van der Waals surface area contributed by atoms with Crippen molar-refractivity contribution >= 4 is 30.9 Å². The number of Topliss-reactive ketones (excluding diaryl/α,β-unsaturated/α-hetero) is 1. The first-order chi connectivity index (χ1) is 16.1. The molecule has 1 aromatic heterocycles. The summed E-state index contributed by atoms with van der Waals surface area (Å²) in [5, 5.41) is 9.47. The number of carbonyl (C=O) groups is 2. The Hall–Kier alpha value is -2.65. The summed E-state index contributed by atoms with van der Waals surface area (Å²) in [4.78, 5) is 43.7. The Morgan fingerprint density at radius 1 is 0.941 bits per heavy atom. The van der Waals surface area contributed by atoms with Crippen LogP contribution in [0.2, 0.25) is 0 Å². The lowest BCUT2D eigenvalue weighted by Crippen LogP contribution is -2.52. The molecule has 0 fully saturated rings. The van der Waals surface area contributed by atoms with Crippen molar-refractivity contribution in [3.8, 4) is 10.4 Å². The van der Waals surface area contributed by atoms with Gasteiger partial charge in [-0.25, -0.2) is 9.36 Å². The molecular weight excluding hydrogens is 477 g/mol. The number of hydrogen-bond acceptors (Lipinski definition) is 7. The molecule has 0 radical (unpaired) electrons. The number of nitrogens with two attached hydrogens (primary N) is 1. The van der Waals surface area contributed by atoms with Crippen LogP contribution >= 0.6 is 19.2 Å². The molecule has 3 aromatic rings. The number of ketones is 1. The molecule has 1 heterocycles. The number of phosphoric ester groups is 1. The van der Waals surface area contributed by atoms with E-state index in [0.29, 0.717) is 17.7 Å². The minimum Gasteiger partial charge on any atom is -0.394 e. The first-order valence-corrected chi connectivity index (χ1v) is 12.9. The number of phosphoric acid groups is 1. The lowest BCUT2D eigenvalue weighted by molar-refractivity contribution is -0.143. The Morgan fingerprint density at radius 3 is 2.21 bits per heavy atom. The second kappa shape index (κ2) is 11.2. The molecule has 0 aliphatic carbocycles. The quantitative estimate of drug-likeness (QED) is 0.230. The molecule has 0 spiro atoms. The van der Waals surface area contributed by atoms with Crippen molar-refractivity contribution in [3.05, 3.63) is 82.7 Å². The highest BCUT2D eigenvalue weighted by atomic mass is 32.1. The number of aliphatic hydroxyl groups excluding tert-OH is 1. The molecule has 5 N–H and O–H groups in total. The Balaban J connectivity index is 1.59. The van der Waals surface area contributed by atoms with Crippen LogP contribution in [0.25, 0.3) is 10.4 Å². The highest BCUT2D eigenvalue weighted by Crippen LogP contribution is 2.37. The average molecular weight is 504 g/mol. The van der Waals surface area contributed by atoms with E-state index in [1.807, 2.05) is 66.7 Å². The largest absolute Gasteiger partial charge is 0.527 e. The monoisotopic (exact) mass is 503 g/mol. The first-order valence-electron chi connectivity index (χ1n) is 10.6. The molecule has 0 saturated carbocycles. The van der Waals surface area contributed by atoms with E-state index in [2.05, 4.69) is 4.52 Å². The summed E-state index contributed by atoms with van der Waals surface area (Å²) in [6.07, 6.45) is 1.35. The van der Waals surface area contributed by atoms with Crippen molar-refractivity contribution in [1.82, 2.24) is 0 Å². The van der Waals surface area contributed by atoms with Gasteiger partial charge in [-0.1, -0.05) is 54.6 Å². The number of rotatable bonds is 11.